The Balaban J connectivity index is 3.69. The van der Waals surface area contributed by atoms with Crippen LogP contribution in [-0.4, -0.2) is 62.7 Å². The summed E-state index contributed by atoms with van der Waals surface area (Å²) in [4.78, 5) is 11.4. The molecule has 0 aromatic carbocycles. The number of carbonyl (C=O) groups is 1. The van der Waals surface area contributed by atoms with E-state index in [0.717, 1.165) is 0 Å². The van der Waals surface area contributed by atoms with Crippen molar-refractivity contribution in [1.82, 2.24) is 10.6 Å². The summed E-state index contributed by atoms with van der Waals surface area (Å²) >= 11 is 0. The van der Waals surface area contributed by atoms with E-state index in [9.17, 15) is 9.90 Å². The van der Waals surface area contributed by atoms with Crippen LogP contribution in [-0.2, 0) is 14.3 Å². The lowest BCUT2D eigenvalue weighted by atomic mass is 10.3. The minimum Gasteiger partial charge on any atom is -0.389 e. The number of ether oxygens (including phenoxy) is 2. The number of hydrogen-bond donors (Lipinski definition) is 3. The second-order valence-electron chi connectivity index (χ2n) is 4.28. The third-order valence-electron chi connectivity index (χ3n) is 2.38. The standard InChI is InChI=1S/C12H26N2O4/c1-5-13-12(16)10(3)14-6-11(15)8-18-9(2)7-17-4/h9-11,14-15H,5-8H2,1-4H3,(H,13,16). The minimum absolute atomic E-state index is 0.0505. The zero-order valence-electron chi connectivity index (χ0n) is 11.7. The van der Waals surface area contributed by atoms with Gasteiger partial charge in [0.25, 0.3) is 0 Å². The van der Waals surface area contributed by atoms with Crippen molar-refractivity contribution < 1.29 is 19.4 Å². The molecule has 0 spiro atoms. The van der Waals surface area contributed by atoms with Crippen LogP contribution in [0.2, 0.25) is 0 Å². The van der Waals surface area contributed by atoms with Gasteiger partial charge in [0.2, 0.25) is 5.91 Å². The first-order chi connectivity index (χ1) is 8.51. The van der Waals surface area contributed by atoms with Crippen molar-refractivity contribution in [1.29, 1.82) is 0 Å². The van der Waals surface area contributed by atoms with E-state index in [-0.39, 0.29) is 24.7 Å². The molecule has 6 nitrogen and oxygen atoms in total. The van der Waals surface area contributed by atoms with Gasteiger partial charge in [-0.05, 0) is 20.8 Å². The first kappa shape index (κ1) is 17.3. The van der Waals surface area contributed by atoms with Crippen LogP contribution < -0.4 is 10.6 Å². The Morgan fingerprint density at radius 3 is 2.56 bits per heavy atom. The fourth-order valence-electron chi connectivity index (χ4n) is 1.35. The molecule has 0 aliphatic rings. The highest BCUT2D eigenvalue weighted by molar-refractivity contribution is 5.81. The molecular formula is C12H26N2O4. The lowest BCUT2D eigenvalue weighted by Crippen LogP contribution is -2.45. The highest BCUT2D eigenvalue weighted by Gasteiger charge is 2.13. The third-order valence-corrected chi connectivity index (χ3v) is 2.38. The number of likely N-dealkylation sites (N-methyl/N-ethyl adjacent to an activating group) is 1. The second-order valence-corrected chi connectivity index (χ2v) is 4.28. The molecule has 6 heteroatoms. The van der Waals surface area contributed by atoms with Crippen molar-refractivity contribution in [3.05, 3.63) is 0 Å². The first-order valence-corrected chi connectivity index (χ1v) is 6.30. The molecule has 3 N–H and O–H groups in total. The van der Waals surface area contributed by atoms with Gasteiger partial charge in [0.05, 0.1) is 31.5 Å². The average molecular weight is 262 g/mol. The smallest absolute Gasteiger partial charge is 0.236 e. The molecule has 3 atom stereocenters. The van der Waals surface area contributed by atoms with E-state index in [1.54, 1.807) is 14.0 Å². The van der Waals surface area contributed by atoms with Gasteiger partial charge in [0.15, 0.2) is 0 Å². The quantitative estimate of drug-likeness (QED) is 0.495. The fourth-order valence-corrected chi connectivity index (χ4v) is 1.35. The minimum atomic E-state index is -0.638. The van der Waals surface area contributed by atoms with Crippen LogP contribution in [0.25, 0.3) is 0 Å². The van der Waals surface area contributed by atoms with Crippen LogP contribution in [0.15, 0.2) is 0 Å². The summed E-state index contributed by atoms with van der Waals surface area (Å²) in [7, 11) is 1.60. The molecule has 0 bridgehead atoms. The molecule has 0 rings (SSSR count). The maximum absolute atomic E-state index is 11.4. The first-order valence-electron chi connectivity index (χ1n) is 6.30. The van der Waals surface area contributed by atoms with Crippen LogP contribution in [0.5, 0.6) is 0 Å². The van der Waals surface area contributed by atoms with Crippen molar-refractivity contribution in [3.63, 3.8) is 0 Å². The monoisotopic (exact) mass is 262 g/mol. The lowest BCUT2D eigenvalue weighted by molar-refractivity contribution is -0.122. The van der Waals surface area contributed by atoms with Crippen LogP contribution in [0.4, 0.5) is 0 Å². The summed E-state index contributed by atoms with van der Waals surface area (Å²) in [5.74, 6) is -0.0710. The molecular weight excluding hydrogens is 236 g/mol. The van der Waals surface area contributed by atoms with Gasteiger partial charge in [-0.1, -0.05) is 0 Å². The predicted molar refractivity (Wildman–Crippen MR) is 69.4 cm³/mol. The summed E-state index contributed by atoms with van der Waals surface area (Å²) in [6, 6.07) is -0.323. The Kier molecular flexibility index (Phi) is 9.86. The van der Waals surface area contributed by atoms with E-state index in [1.165, 1.54) is 0 Å². The predicted octanol–water partition coefficient (Wildman–Crippen LogP) is -0.487. The Labute approximate surface area is 109 Å². The van der Waals surface area contributed by atoms with E-state index >= 15 is 0 Å². The van der Waals surface area contributed by atoms with Crippen molar-refractivity contribution in [2.75, 3.05) is 33.4 Å². The van der Waals surface area contributed by atoms with Crippen LogP contribution in [0.3, 0.4) is 0 Å². The molecule has 3 unspecified atom stereocenters. The number of hydrogen-bond acceptors (Lipinski definition) is 5. The summed E-state index contributed by atoms with van der Waals surface area (Å²) < 4.78 is 10.3. The molecule has 0 aromatic rings. The number of nitrogens with one attached hydrogen (secondary N) is 2. The average Bonchev–Trinajstić information content (AvgIpc) is 2.34. The van der Waals surface area contributed by atoms with E-state index < -0.39 is 6.10 Å². The summed E-state index contributed by atoms with van der Waals surface area (Å²) in [6.45, 7) is 7.13. The summed E-state index contributed by atoms with van der Waals surface area (Å²) in [6.07, 6.45) is -0.688. The molecule has 0 saturated heterocycles. The fraction of sp³-hybridized carbons (Fsp3) is 0.917. The largest absolute Gasteiger partial charge is 0.389 e. The van der Waals surface area contributed by atoms with Gasteiger partial charge in [0.1, 0.15) is 0 Å². The molecule has 0 fully saturated rings. The number of aliphatic hydroxyl groups excluding tert-OH is 1. The van der Waals surface area contributed by atoms with Crippen LogP contribution in [0, 0.1) is 0 Å². The maximum Gasteiger partial charge on any atom is 0.236 e. The maximum atomic E-state index is 11.4. The van der Waals surface area contributed by atoms with Crippen molar-refractivity contribution >= 4 is 5.91 Å². The Bertz CT molecular complexity index is 226. The summed E-state index contributed by atoms with van der Waals surface area (Å²) in [5, 5.41) is 15.3. The van der Waals surface area contributed by atoms with Gasteiger partial charge in [-0.25, -0.2) is 0 Å². The highest BCUT2D eigenvalue weighted by Crippen LogP contribution is 1.94. The number of amides is 1. The molecule has 0 radical (unpaired) electrons. The van der Waals surface area contributed by atoms with Crippen LogP contribution in [0.1, 0.15) is 20.8 Å². The molecule has 18 heavy (non-hydrogen) atoms. The van der Waals surface area contributed by atoms with Crippen LogP contribution >= 0.6 is 0 Å². The van der Waals surface area contributed by atoms with Gasteiger partial charge in [-0.15, -0.1) is 0 Å². The number of methoxy groups -OCH3 is 1. The normalized spacial score (nSPS) is 16.1. The van der Waals surface area contributed by atoms with Gasteiger partial charge < -0.3 is 25.2 Å². The molecule has 1 amide bonds. The van der Waals surface area contributed by atoms with Crippen molar-refractivity contribution in [2.45, 2.75) is 39.0 Å². The molecule has 0 heterocycles. The third kappa shape index (κ3) is 8.41. The Morgan fingerprint density at radius 1 is 1.33 bits per heavy atom. The number of carbonyl (C=O) groups excluding carboxylic acids is 1. The second kappa shape index (κ2) is 10.3. The molecule has 0 aromatic heterocycles. The molecule has 108 valence electrons. The van der Waals surface area contributed by atoms with Gasteiger partial charge >= 0.3 is 0 Å². The zero-order chi connectivity index (χ0) is 14.0. The number of rotatable bonds is 10. The molecule has 0 aliphatic heterocycles. The van der Waals surface area contributed by atoms with Crippen molar-refractivity contribution in [2.24, 2.45) is 0 Å². The summed E-state index contributed by atoms with van der Waals surface area (Å²) in [5.41, 5.74) is 0. The Morgan fingerprint density at radius 2 is 2.00 bits per heavy atom. The van der Waals surface area contributed by atoms with E-state index in [1.807, 2.05) is 13.8 Å². The highest BCUT2D eigenvalue weighted by atomic mass is 16.5. The number of aliphatic hydroxyl groups is 1. The van der Waals surface area contributed by atoms with E-state index in [4.69, 9.17) is 9.47 Å². The molecule has 0 saturated carbocycles. The van der Waals surface area contributed by atoms with E-state index in [0.29, 0.717) is 19.7 Å². The SMILES string of the molecule is CCNC(=O)C(C)NCC(O)COC(C)COC. The zero-order valence-corrected chi connectivity index (χ0v) is 11.7. The van der Waals surface area contributed by atoms with E-state index in [2.05, 4.69) is 10.6 Å². The van der Waals surface area contributed by atoms with Gasteiger partial charge in [0, 0.05) is 20.2 Å². The Hall–Kier alpha value is -0.690. The van der Waals surface area contributed by atoms with Gasteiger partial charge in [-0.2, -0.15) is 0 Å². The lowest BCUT2D eigenvalue weighted by Gasteiger charge is -2.18. The topological polar surface area (TPSA) is 79.8 Å². The van der Waals surface area contributed by atoms with Crippen molar-refractivity contribution in [3.8, 4) is 0 Å². The molecule has 0 aliphatic carbocycles. The van der Waals surface area contributed by atoms with Gasteiger partial charge in [-0.3, -0.25) is 4.79 Å².